The molecule has 1 heterocycles. The molecule has 150 valence electrons. The second kappa shape index (κ2) is 9.09. The summed E-state index contributed by atoms with van der Waals surface area (Å²) in [6, 6.07) is 13.6. The SMILES string of the molecule is CC(c1ccc(-n2cncn2)cc1)N(C)C(=O)/C=C/c1ccc(OC(F)F)cc1. The van der Waals surface area contributed by atoms with Crippen molar-refractivity contribution in [2.45, 2.75) is 19.6 Å². The standard InChI is InChI=1S/C21H20F2N4O2/c1-15(17-6-8-18(9-7-17)27-14-24-13-25-27)26(2)20(28)12-5-16-3-10-19(11-4-16)29-21(22)23/h3-15,21H,1-2H3/b12-5+. The molecule has 0 spiro atoms. The number of nitrogens with zero attached hydrogens (tertiary/aromatic N) is 4. The van der Waals surface area contributed by atoms with E-state index < -0.39 is 6.61 Å². The molecule has 0 saturated heterocycles. The summed E-state index contributed by atoms with van der Waals surface area (Å²) in [7, 11) is 1.72. The van der Waals surface area contributed by atoms with E-state index in [-0.39, 0.29) is 17.7 Å². The zero-order valence-corrected chi connectivity index (χ0v) is 15.9. The molecule has 1 unspecified atom stereocenters. The van der Waals surface area contributed by atoms with Crippen LogP contribution in [0.4, 0.5) is 8.78 Å². The van der Waals surface area contributed by atoms with E-state index in [4.69, 9.17) is 0 Å². The molecule has 6 nitrogen and oxygen atoms in total. The van der Waals surface area contributed by atoms with Gasteiger partial charge in [-0.3, -0.25) is 4.79 Å². The molecule has 8 heteroatoms. The van der Waals surface area contributed by atoms with Crippen LogP contribution in [-0.2, 0) is 4.79 Å². The molecule has 0 bridgehead atoms. The maximum atomic E-state index is 12.5. The number of aromatic nitrogens is 3. The Morgan fingerprint density at radius 2 is 1.83 bits per heavy atom. The molecule has 0 fully saturated rings. The van der Waals surface area contributed by atoms with Crippen LogP contribution >= 0.6 is 0 Å². The van der Waals surface area contributed by atoms with Gasteiger partial charge in [-0.2, -0.15) is 13.9 Å². The van der Waals surface area contributed by atoms with Crippen molar-refractivity contribution in [1.29, 1.82) is 0 Å². The van der Waals surface area contributed by atoms with Gasteiger partial charge in [-0.25, -0.2) is 9.67 Å². The summed E-state index contributed by atoms with van der Waals surface area (Å²) in [4.78, 5) is 18.0. The number of rotatable bonds is 7. The van der Waals surface area contributed by atoms with Crippen LogP contribution < -0.4 is 4.74 Å². The molecule has 3 rings (SSSR count). The van der Waals surface area contributed by atoms with Crippen molar-refractivity contribution < 1.29 is 18.3 Å². The quantitative estimate of drug-likeness (QED) is 0.562. The largest absolute Gasteiger partial charge is 0.435 e. The summed E-state index contributed by atoms with van der Waals surface area (Å²) in [5.74, 6) is -0.102. The van der Waals surface area contributed by atoms with Crippen LogP contribution in [0.15, 0.2) is 67.3 Å². The molecule has 1 amide bonds. The highest BCUT2D eigenvalue weighted by Crippen LogP contribution is 2.21. The van der Waals surface area contributed by atoms with Crippen molar-refractivity contribution >= 4 is 12.0 Å². The lowest BCUT2D eigenvalue weighted by molar-refractivity contribution is -0.126. The van der Waals surface area contributed by atoms with Crippen LogP contribution in [0, 0.1) is 0 Å². The number of amides is 1. The number of carbonyl (C=O) groups excluding carboxylic acids is 1. The van der Waals surface area contributed by atoms with E-state index in [0.717, 1.165) is 11.3 Å². The summed E-state index contributed by atoms with van der Waals surface area (Å²) < 4.78 is 30.3. The van der Waals surface area contributed by atoms with E-state index in [9.17, 15) is 13.6 Å². The van der Waals surface area contributed by atoms with Crippen molar-refractivity contribution in [3.8, 4) is 11.4 Å². The maximum absolute atomic E-state index is 12.5. The minimum absolute atomic E-state index is 0.0727. The van der Waals surface area contributed by atoms with Gasteiger partial charge in [-0.15, -0.1) is 0 Å². The van der Waals surface area contributed by atoms with Gasteiger partial charge in [0, 0.05) is 13.1 Å². The number of benzene rings is 2. The highest BCUT2D eigenvalue weighted by molar-refractivity contribution is 5.91. The van der Waals surface area contributed by atoms with Gasteiger partial charge in [0.05, 0.1) is 11.7 Å². The third kappa shape index (κ3) is 5.25. The van der Waals surface area contributed by atoms with Crippen LogP contribution in [0.2, 0.25) is 0 Å². The van der Waals surface area contributed by atoms with Gasteiger partial charge < -0.3 is 9.64 Å². The fourth-order valence-electron chi connectivity index (χ4n) is 2.71. The summed E-state index contributed by atoms with van der Waals surface area (Å²) >= 11 is 0. The predicted molar refractivity (Wildman–Crippen MR) is 105 cm³/mol. The lowest BCUT2D eigenvalue weighted by Crippen LogP contribution is -2.27. The Balaban J connectivity index is 1.62. The van der Waals surface area contributed by atoms with Crippen LogP contribution in [0.5, 0.6) is 5.75 Å². The molecular weight excluding hydrogens is 378 g/mol. The number of carbonyl (C=O) groups is 1. The Kier molecular flexibility index (Phi) is 6.33. The molecular formula is C21H20F2N4O2. The Morgan fingerprint density at radius 1 is 1.14 bits per heavy atom. The first kappa shape index (κ1) is 20.2. The number of hydrogen-bond acceptors (Lipinski definition) is 4. The fraction of sp³-hybridized carbons (Fsp3) is 0.190. The average Bonchev–Trinajstić information content (AvgIpc) is 3.26. The zero-order valence-electron chi connectivity index (χ0n) is 15.9. The predicted octanol–water partition coefficient (Wildman–Crippen LogP) is 4.10. The van der Waals surface area contributed by atoms with Gasteiger partial charge in [0.1, 0.15) is 18.4 Å². The number of likely N-dealkylation sites (N-methyl/N-ethyl adjacent to an activating group) is 1. The van der Waals surface area contributed by atoms with Crippen LogP contribution in [0.25, 0.3) is 11.8 Å². The highest BCUT2D eigenvalue weighted by Gasteiger charge is 2.15. The van der Waals surface area contributed by atoms with E-state index in [1.807, 2.05) is 31.2 Å². The first-order chi connectivity index (χ1) is 13.9. The van der Waals surface area contributed by atoms with Gasteiger partial charge in [-0.05, 0) is 48.4 Å². The van der Waals surface area contributed by atoms with Crippen LogP contribution in [-0.4, -0.2) is 39.2 Å². The Hall–Kier alpha value is -3.55. The van der Waals surface area contributed by atoms with Crippen molar-refractivity contribution in [2.75, 3.05) is 7.05 Å². The zero-order chi connectivity index (χ0) is 20.8. The average molecular weight is 398 g/mol. The molecule has 1 aromatic heterocycles. The van der Waals surface area contributed by atoms with Crippen LogP contribution in [0.3, 0.4) is 0 Å². The Bertz CT molecular complexity index is 955. The van der Waals surface area contributed by atoms with E-state index in [2.05, 4.69) is 14.8 Å². The topological polar surface area (TPSA) is 60.2 Å². The molecule has 0 radical (unpaired) electrons. The third-order valence-electron chi connectivity index (χ3n) is 4.51. The van der Waals surface area contributed by atoms with Crippen molar-refractivity contribution in [1.82, 2.24) is 19.7 Å². The van der Waals surface area contributed by atoms with Crippen molar-refractivity contribution in [2.24, 2.45) is 0 Å². The Morgan fingerprint density at radius 3 is 2.41 bits per heavy atom. The van der Waals surface area contributed by atoms with E-state index in [1.165, 1.54) is 24.5 Å². The minimum atomic E-state index is -2.86. The lowest BCUT2D eigenvalue weighted by atomic mass is 10.1. The normalized spacial score (nSPS) is 12.3. The summed E-state index contributed by atoms with van der Waals surface area (Å²) in [5.41, 5.74) is 2.57. The molecule has 0 aliphatic carbocycles. The second-order valence-corrected chi connectivity index (χ2v) is 6.34. The monoisotopic (exact) mass is 398 g/mol. The molecule has 0 N–H and O–H groups in total. The number of ether oxygens (including phenoxy) is 1. The van der Waals surface area contributed by atoms with Gasteiger partial charge in [0.15, 0.2) is 0 Å². The van der Waals surface area contributed by atoms with Gasteiger partial charge in [0.2, 0.25) is 5.91 Å². The number of alkyl halides is 2. The number of halogens is 2. The number of hydrogen-bond donors (Lipinski definition) is 0. The van der Waals surface area contributed by atoms with E-state index in [1.54, 1.807) is 41.2 Å². The van der Waals surface area contributed by atoms with Crippen molar-refractivity contribution in [3.63, 3.8) is 0 Å². The fourth-order valence-corrected chi connectivity index (χ4v) is 2.71. The smallest absolute Gasteiger partial charge is 0.387 e. The summed E-state index contributed by atoms with van der Waals surface area (Å²) in [6.45, 7) is -0.925. The first-order valence-corrected chi connectivity index (χ1v) is 8.89. The molecule has 0 aliphatic heterocycles. The molecule has 0 aliphatic rings. The van der Waals surface area contributed by atoms with E-state index >= 15 is 0 Å². The highest BCUT2D eigenvalue weighted by atomic mass is 19.3. The molecule has 0 saturated carbocycles. The van der Waals surface area contributed by atoms with Gasteiger partial charge >= 0.3 is 6.61 Å². The van der Waals surface area contributed by atoms with Crippen LogP contribution in [0.1, 0.15) is 24.1 Å². The van der Waals surface area contributed by atoms with Gasteiger partial charge in [-0.1, -0.05) is 24.3 Å². The van der Waals surface area contributed by atoms with Crippen molar-refractivity contribution in [3.05, 3.63) is 78.4 Å². The third-order valence-corrected chi connectivity index (χ3v) is 4.51. The second-order valence-electron chi connectivity index (χ2n) is 6.34. The first-order valence-electron chi connectivity index (χ1n) is 8.89. The summed E-state index contributed by atoms with van der Waals surface area (Å²) in [5, 5.41) is 4.08. The minimum Gasteiger partial charge on any atom is -0.435 e. The molecule has 2 aromatic carbocycles. The lowest BCUT2D eigenvalue weighted by Gasteiger charge is -2.24. The molecule has 29 heavy (non-hydrogen) atoms. The van der Waals surface area contributed by atoms with Gasteiger partial charge in [0.25, 0.3) is 0 Å². The molecule has 1 atom stereocenters. The Labute approximate surface area is 167 Å². The molecule has 3 aromatic rings. The summed E-state index contributed by atoms with van der Waals surface area (Å²) in [6.07, 6.45) is 6.16. The van der Waals surface area contributed by atoms with E-state index in [0.29, 0.717) is 5.56 Å². The maximum Gasteiger partial charge on any atom is 0.387 e.